The van der Waals surface area contributed by atoms with Crippen LogP contribution < -0.4 is 10.7 Å². The summed E-state index contributed by atoms with van der Waals surface area (Å²) >= 11 is 0. The Kier molecular flexibility index (Phi) is 15.1. The van der Waals surface area contributed by atoms with Crippen LogP contribution in [0, 0.1) is 40.9 Å². The molecule has 2 aromatic carbocycles. The molecule has 0 unspecified atom stereocenters. The topological polar surface area (TPSA) is 155 Å². The number of carbonyl (C=O) groups is 5. The number of likely N-dealkylation sites (tertiary alicyclic amines) is 1. The maximum atomic E-state index is 14.7. The summed E-state index contributed by atoms with van der Waals surface area (Å²) < 4.78 is 14.2. The van der Waals surface area contributed by atoms with Gasteiger partial charge in [-0.3, -0.25) is 34.0 Å². The van der Waals surface area contributed by atoms with Crippen LogP contribution in [0.15, 0.2) is 53.2 Å². The van der Waals surface area contributed by atoms with E-state index in [1.165, 1.54) is 9.91 Å². The van der Waals surface area contributed by atoms with Crippen LogP contribution in [0.25, 0.3) is 27.6 Å². The molecule has 6 bridgehead atoms. The van der Waals surface area contributed by atoms with E-state index in [0.29, 0.717) is 38.8 Å². The first-order chi connectivity index (χ1) is 31.9. The van der Waals surface area contributed by atoms with Crippen molar-refractivity contribution in [3.05, 3.63) is 65.0 Å². The van der Waals surface area contributed by atoms with Crippen molar-refractivity contribution in [2.75, 3.05) is 46.9 Å². The number of rotatable bonds is 9. The number of nitrogens with one attached hydrogen (secondary N) is 2. The Morgan fingerprint density at radius 2 is 1.85 bits per heavy atom. The second-order valence-corrected chi connectivity index (χ2v) is 20.1. The third-order valence-electron chi connectivity index (χ3n) is 14.1. The number of nitrogens with zero attached hydrogens (tertiary/aromatic N) is 5. The second-order valence-electron chi connectivity index (χ2n) is 20.1. The van der Waals surface area contributed by atoms with Crippen molar-refractivity contribution >= 4 is 52.3 Å². The van der Waals surface area contributed by atoms with Crippen LogP contribution in [-0.4, -0.2) is 120 Å². The van der Waals surface area contributed by atoms with Crippen molar-refractivity contribution in [3.8, 4) is 23.0 Å². The molecule has 2 N–H and O–H groups in total. The number of esters is 1. The lowest BCUT2D eigenvalue weighted by Gasteiger charge is -2.36. The van der Waals surface area contributed by atoms with Crippen LogP contribution in [0.1, 0.15) is 91.0 Å². The predicted molar refractivity (Wildman–Crippen MR) is 260 cm³/mol. The number of aliphatic imine (C=N–C) groups is 1. The Labute approximate surface area is 395 Å². The smallest absolute Gasteiger partial charge is 0.324 e. The summed E-state index contributed by atoms with van der Waals surface area (Å²) in [4.78, 5) is 77.4. The first kappa shape index (κ1) is 49.1. The number of cyclic esters (lactones) is 1. The highest BCUT2D eigenvalue weighted by Crippen LogP contribution is 2.41. The lowest BCUT2D eigenvalue weighted by Crippen LogP contribution is -2.58. The van der Waals surface area contributed by atoms with Gasteiger partial charge in [0.2, 0.25) is 17.7 Å². The Morgan fingerprint density at radius 1 is 1.09 bits per heavy atom. The zero-order chi connectivity index (χ0) is 48.3. The minimum atomic E-state index is -0.829. The lowest BCUT2D eigenvalue weighted by molar-refractivity contribution is -0.155. The molecule has 2 saturated heterocycles. The standard InChI is InChI=1S/C53H69N7O7/c1-11-15-45(61)59-29-33(4)42(30-59)51(64)58(9)47(32(2)3)49(62)55-28-38-25-35-16-12-17-36(24-35)37-20-21-44-40(26-37)41(48(57(44)8)39-18-13-22-54-46(39)34(5)66-10)27-53(6,7)31-67-52(65)43-19-14-23-60(56-43)50(38)63/h12,16-17,20-22,24,26,32-34,38,42-43,47,56H,13-14,18-19,23,25,27-31H2,1-10H3,(H,55,62)/t33-,34-,38+,42+,43-,47-/m0/s1. The number of ether oxygens (including phenoxy) is 2. The van der Waals surface area contributed by atoms with Crippen molar-refractivity contribution in [1.29, 1.82) is 0 Å². The molecule has 5 heterocycles. The zero-order valence-corrected chi connectivity index (χ0v) is 41.0. The fourth-order valence-electron chi connectivity index (χ4n) is 10.5. The number of hydrogen-bond donors (Lipinski definition) is 2. The highest BCUT2D eigenvalue weighted by Gasteiger charge is 2.42. The number of hydrogen-bond acceptors (Lipinski definition) is 9. The molecule has 7 rings (SSSR count). The molecule has 1 aromatic heterocycles. The SMILES string of the molecule is CC#CC(=O)N1C[C@H](C)[C@H](C(=O)N(C)[C@H](C(=O)NC[C@H]2Cc3cccc(c3)-c3ccc4c(c3)c(c(C3=C([C@H](C)OC)N=CCC3)n4C)CC(C)(C)COC(=O)[C@@H]3CCCN(N3)C2=O)C(C)C)C1. The average molecular weight is 916 g/mol. The number of allylic oxidation sites excluding steroid dienone is 1. The minimum Gasteiger partial charge on any atom is -0.464 e. The van der Waals surface area contributed by atoms with Gasteiger partial charge in [0.05, 0.1) is 30.2 Å². The number of methoxy groups -OCH3 is 1. The summed E-state index contributed by atoms with van der Waals surface area (Å²) in [6, 6.07) is 13.2. The van der Waals surface area contributed by atoms with Gasteiger partial charge in [-0.15, -0.1) is 0 Å². The number of carbonyl (C=O) groups excluding carboxylic acids is 5. The van der Waals surface area contributed by atoms with Gasteiger partial charge >= 0.3 is 5.97 Å². The number of amides is 4. The molecule has 0 radical (unpaired) electrons. The van der Waals surface area contributed by atoms with E-state index in [4.69, 9.17) is 14.5 Å². The van der Waals surface area contributed by atoms with E-state index in [9.17, 15) is 24.0 Å². The number of likely N-dealkylation sites (N-methyl/N-ethyl adjacent to an activating group) is 1. The molecular formula is C53H69N7O7. The Balaban J connectivity index is 1.23. The summed E-state index contributed by atoms with van der Waals surface area (Å²) in [5.74, 6) is 2.08. The van der Waals surface area contributed by atoms with Gasteiger partial charge in [-0.05, 0) is 105 Å². The second kappa shape index (κ2) is 20.6. The molecule has 67 heavy (non-hydrogen) atoms. The first-order valence-corrected chi connectivity index (χ1v) is 23.9. The quantitative estimate of drug-likeness (QED) is 0.197. The van der Waals surface area contributed by atoms with Gasteiger partial charge in [0.25, 0.3) is 5.91 Å². The van der Waals surface area contributed by atoms with E-state index >= 15 is 0 Å². The zero-order valence-electron chi connectivity index (χ0n) is 41.0. The Morgan fingerprint density at radius 3 is 2.58 bits per heavy atom. The third kappa shape index (κ3) is 10.5. The normalized spacial score (nSPS) is 23.0. The molecule has 4 aliphatic heterocycles. The summed E-state index contributed by atoms with van der Waals surface area (Å²) in [5.41, 5.74) is 11.1. The van der Waals surface area contributed by atoms with E-state index in [2.05, 4.69) is 78.4 Å². The number of benzene rings is 2. The lowest BCUT2D eigenvalue weighted by atomic mass is 9.83. The molecule has 14 nitrogen and oxygen atoms in total. The number of aromatic nitrogens is 1. The third-order valence-corrected chi connectivity index (χ3v) is 14.1. The van der Waals surface area contributed by atoms with Crippen molar-refractivity contribution in [2.24, 2.45) is 41.1 Å². The fourth-order valence-corrected chi connectivity index (χ4v) is 10.5. The highest BCUT2D eigenvalue weighted by molar-refractivity contribution is 5.96. The van der Waals surface area contributed by atoms with Gasteiger partial charge in [-0.2, -0.15) is 0 Å². The number of hydrazine groups is 1. The average Bonchev–Trinajstić information content (AvgIpc) is 3.83. The molecule has 14 heteroatoms. The van der Waals surface area contributed by atoms with Crippen molar-refractivity contribution in [1.82, 2.24) is 30.1 Å². The van der Waals surface area contributed by atoms with Crippen LogP contribution >= 0.6 is 0 Å². The van der Waals surface area contributed by atoms with E-state index in [1.54, 1.807) is 26.0 Å². The molecule has 0 saturated carbocycles. The molecule has 4 aliphatic rings. The summed E-state index contributed by atoms with van der Waals surface area (Å²) in [5, 5.41) is 5.70. The van der Waals surface area contributed by atoms with Gasteiger partial charge in [0.15, 0.2) is 0 Å². The minimum absolute atomic E-state index is 0.00187. The first-order valence-electron chi connectivity index (χ1n) is 23.9. The number of aryl methyl sites for hydroxylation is 1. The predicted octanol–water partition coefficient (Wildman–Crippen LogP) is 5.95. The van der Waals surface area contributed by atoms with Crippen molar-refractivity contribution < 1.29 is 33.4 Å². The molecule has 358 valence electrons. The molecular weight excluding hydrogens is 847 g/mol. The van der Waals surface area contributed by atoms with Gasteiger partial charge in [0.1, 0.15) is 12.1 Å². The summed E-state index contributed by atoms with van der Waals surface area (Å²) in [6.07, 6.45) is 5.44. The summed E-state index contributed by atoms with van der Waals surface area (Å²) in [6.45, 7) is 14.8. The van der Waals surface area contributed by atoms with Gasteiger partial charge in [-0.1, -0.05) is 70.9 Å². The maximum Gasteiger partial charge on any atom is 0.324 e. The van der Waals surface area contributed by atoms with Crippen LogP contribution in [0.4, 0.5) is 0 Å². The summed E-state index contributed by atoms with van der Waals surface area (Å²) in [7, 11) is 5.46. The highest BCUT2D eigenvalue weighted by atomic mass is 16.5. The molecule has 6 atom stereocenters. The number of fused-ring (bicyclic) bond motifs is 6. The van der Waals surface area contributed by atoms with Crippen LogP contribution in [-0.2, 0) is 53.3 Å². The fraction of sp³-hybridized carbons (Fsp3) is 0.547. The van der Waals surface area contributed by atoms with Gasteiger partial charge in [0, 0.05) is 81.2 Å². The largest absolute Gasteiger partial charge is 0.464 e. The van der Waals surface area contributed by atoms with E-state index < -0.39 is 35.3 Å². The van der Waals surface area contributed by atoms with E-state index in [0.717, 1.165) is 63.0 Å². The van der Waals surface area contributed by atoms with E-state index in [1.807, 2.05) is 46.0 Å². The molecule has 2 fully saturated rings. The van der Waals surface area contributed by atoms with E-state index in [-0.39, 0.29) is 61.3 Å². The van der Waals surface area contributed by atoms with Crippen molar-refractivity contribution in [3.63, 3.8) is 0 Å². The van der Waals surface area contributed by atoms with Crippen LogP contribution in [0.2, 0.25) is 0 Å². The molecule has 0 aliphatic carbocycles. The maximum absolute atomic E-state index is 14.7. The van der Waals surface area contributed by atoms with Crippen LogP contribution in [0.5, 0.6) is 0 Å². The molecule has 3 aromatic rings. The monoisotopic (exact) mass is 916 g/mol. The van der Waals surface area contributed by atoms with Crippen molar-refractivity contribution in [2.45, 2.75) is 105 Å². The molecule has 0 spiro atoms. The Bertz CT molecular complexity index is 2530. The molecule has 4 amide bonds. The van der Waals surface area contributed by atoms with Crippen LogP contribution in [0.3, 0.4) is 0 Å². The van der Waals surface area contributed by atoms with Gasteiger partial charge < -0.3 is 29.2 Å². The van der Waals surface area contributed by atoms with Gasteiger partial charge in [-0.25, -0.2) is 5.43 Å². The Hall–Kier alpha value is -5.78.